The summed E-state index contributed by atoms with van der Waals surface area (Å²) in [6.45, 7) is 1.33. The van der Waals surface area contributed by atoms with Gasteiger partial charge in [0.25, 0.3) is 0 Å². The molecule has 2 rings (SSSR count). The lowest BCUT2D eigenvalue weighted by atomic mass is 9.85. The molecule has 2 N–H and O–H groups in total. The van der Waals surface area contributed by atoms with Crippen molar-refractivity contribution in [2.75, 3.05) is 13.1 Å². The first-order valence-corrected chi connectivity index (χ1v) is 5.78. The van der Waals surface area contributed by atoms with Gasteiger partial charge in [0.1, 0.15) is 5.76 Å². The molecule has 0 aliphatic carbocycles. The number of nitrogens with zero attached hydrogens (tertiary/aromatic N) is 1. The first-order valence-electron chi connectivity index (χ1n) is 5.78. The molecule has 1 aromatic heterocycles. The molecule has 0 spiro atoms. The normalized spacial score (nSPS) is 24.9. The highest BCUT2D eigenvalue weighted by molar-refractivity contribution is 5.80. The topological polar surface area (TPSA) is 91.0 Å². The van der Waals surface area contributed by atoms with Crippen molar-refractivity contribution in [2.24, 2.45) is 11.8 Å². The van der Waals surface area contributed by atoms with Crippen molar-refractivity contribution < 1.29 is 24.2 Å². The van der Waals surface area contributed by atoms with Gasteiger partial charge in [0.05, 0.1) is 24.6 Å². The van der Waals surface area contributed by atoms with E-state index in [1.807, 2.05) is 11.0 Å². The smallest absolute Gasteiger partial charge is 0.308 e. The molecule has 1 aliphatic rings. The van der Waals surface area contributed by atoms with Crippen molar-refractivity contribution in [3.8, 4) is 0 Å². The van der Waals surface area contributed by atoms with Crippen LogP contribution in [0.5, 0.6) is 0 Å². The van der Waals surface area contributed by atoms with E-state index in [-0.39, 0.29) is 6.54 Å². The molecule has 18 heavy (non-hydrogen) atoms. The number of carbonyl (C=O) groups is 2. The number of carboxylic acids is 2. The molecule has 2 unspecified atom stereocenters. The predicted molar refractivity (Wildman–Crippen MR) is 60.9 cm³/mol. The van der Waals surface area contributed by atoms with Crippen LogP contribution in [-0.4, -0.2) is 40.1 Å². The van der Waals surface area contributed by atoms with Crippen LogP contribution < -0.4 is 0 Å². The Labute approximate surface area is 104 Å². The number of carboxylic acid groups (broad SMARTS) is 2. The molecule has 6 nitrogen and oxygen atoms in total. The average Bonchev–Trinajstić information content (AvgIpc) is 2.81. The first kappa shape index (κ1) is 12.6. The van der Waals surface area contributed by atoms with E-state index in [0.717, 1.165) is 5.76 Å². The van der Waals surface area contributed by atoms with Gasteiger partial charge in [-0.25, -0.2) is 0 Å². The lowest BCUT2D eigenvalue weighted by Gasteiger charge is -2.33. The number of rotatable bonds is 4. The van der Waals surface area contributed by atoms with Gasteiger partial charge in [-0.2, -0.15) is 0 Å². The summed E-state index contributed by atoms with van der Waals surface area (Å²) in [4.78, 5) is 24.0. The summed E-state index contributed by atoms with van der Waals surface area (Å²) < 4.78 is 5.20. The van der Waals surface area contributed by atoms with Crippen LogP contribution in [0, 0.1) is 11.8 Å². The Hall–Kier alpha value is -1.82. The van der Waals surface area contributed by atoms with Crippen molar-refractivity contribution >= 4 is 11.9 Å². The molecule has 6 heteroatoms. The number of hydrogen-bond acceptors (Lipinski definition) is 4. The van der Waals surface area contributed by atoms with Gasteiger partial charge in [0.15, 0.2) is 0 Å². The van der Waals surface area contributed by atoms with E-state index in [1.165, 1.54) is 0 Å². The molecule has 0 amide bonds. The Morgan fingerprint density at radius 2 is 2.06 bits per heavy atom. The number of piperidine rings is 1. The molecular weight excluding hydrogens is 238 g/mol. The molecule has 0 radical (unpaired) electrons. The fraction of sp³-hybridized carbons (Fsp3) is 0.500. The van der Waals surface area contributed by atoms with Crippen LogP contribution in [0.15, 0.2) is 22.8 Å². The summed E-state index contributed by atoms with van der Waals surface area (Å²) in [5.41, 5.74) is 0. The second-order valence-corrected chi connectivity index (χ2v) is 4.49. The summed E-state index contributed by atoms with van der Waals surface area (Å²) in [5, 5.41) is 18.1. The molecular formula is C12H15NO5. The zero-order chi connectivity index (χ0) is 13.1. The third-order valence-electron chi connectivity index (χ3n) is 3.29. The highest BCUT2D eigenvalue weighted by atomic mass is 16.4. The predicted octanol–water partition coefficient (Wildman–Crippen LogP) is 0.887. The van der Waals surface area contributed by atoms with Crippen LogP contribution in [-0.2, 0) is 16.1 Å². The Morgan fingerprint density at radius 3 is 2.61 bits per heavy atom. The molecule has 2 heterocycles. The summed E-state index contributed by atoms with van der Waals surface area (Å²) >= 11 is 0. The lowest BCUT2D eigenvalue weighted by Crippen LogP contribution is -2.46. The summed E-state index contributed by atoms with van der Waals surface area (Å²) in [7, 11) is 0. The van der Waals surface area contributed by atoms with Crippen molar-refractivity contribution in [1.82, 2.24) is 4.90 Å². The molecule has 1 aliphatic heterocycles. The van der Waals surface area contributed by atoms with Crippen LogP contribution >= 0.6 is 0 Å². The fourth-order valence-electron chi connectivity index (χ4n) is 2.33. The SMILES string of the molecule is O=C(O)C1CCN(Cc2ccco2)CC1C(=O)O. The third-order valence-corrected chi connectivity index (χ3v) is 3.29. The quantitative estimate of drug-likeness (QED) is 0.828. The summed E-state index contributed by atoms with van der Waals surface area (Å²) in [5.74, 6) is -2.97. The standard InChI is InChI=1S/C12H15NO5/c14-11(15)9-3-4-13(7-10(9)12(16)17)6-8-2-1-5-18-8/h1-2,5,9-10H,3-4,6-7H2,(H,14,15)(H,16,17). The third kappa shape index (κ3) is 2.70. The van der Waals surface area contributed by atoms with Crippen molar-refractivity contribution in [2.45, 2.75) is 13.0 Å². The van der Waals surface area contributed by atoms with Gasteiger partial charge in [0.2, 0.25) is 0 Å². The monoisotopic (exact) mass is 253 g/mol. The van der Waals surface area contributed by atoms with Crippen molar-refractivity contribution in [3.05, 3.63) is 24.2 Å². The van der Waals surface area contributed by atoms with Crippen molar-refractivity contribution in [1.29, 1.82) is 0 Å². The maximum atomic E-state index is 11.1. The maximum Gasteiger partial charge on any atom is 0.308 e. The minimum Gasteiger partial charge on any atom is -0.481 e. The molecule has 0 bridgehead atoms. The minimum atomic E-state index is -1.05. The highest BCUT2D eigenvalue weighted by Gasteiger charge is 2.38. The van der Waals surface area contributed by atoms with E-state index in [9.17, 15) is 9.59 Å². The molecule has 0 saturated carbocycles. The zero-order valence-electron chi connectivity index (χ0n) is 9.78. The second-order valence-electron chi connectivity index (χ2n) is 4.49. The molecule has 0 aromatic carbocycles. The number of aliphatic carboxylic acids is 2. The first-order chi connectivity index (χ1) is 8.58. The van der Waals surface area contributed by atoms with E-state index in [2.05, 4.69) is 0 Å². The minimum absolute atomic E-state index is 0.243. The Balaban J connectivity index is 2.02. The Kier molecular flexibility index (Phi) is 3.66. The lowest BCUT2D eigenvalue weighted by molar-refractivity contribution is -0.157. The fourth-order valence-corrected chi connectivity index (χ4v) is 2.33. The van der Waals surface area contributed by atoms with Crippen LogP contribution in [0.25, 0.3) is 0 Å². The maximum absolute atomic E-state index is 11.1. The second kappa shape index (κ2) is 5.22. The van der Waals surface area contributed by atoms with Gasteiger partial charge in [0, 0.05) is 6.54 Å². The Bertz CT molecular complexity index is 428. The van der Waals surface area contributed by atoms with E-state index in [1.54, 1.807) is 12.3 Å². The Morgan fingerprint density at radius 1 is 1.33 bits per heavy atom. The molecule has 1 saturated heterocycles. The van der Waals surface area contributed by atoms with Gasteiger partial charge in [-0.3, -0.25) is 14.5 Å². The van der Waals surface area contributed by atoms with E-state index in [4.69, 9.17) is 14.6 Å². The van der Waals surface area contributed by atoms with E-state index >= 15 is 0 Å². The summed E-state index contributed by atoms with van der Waals surface area (Å²) in [6, 6.07) is 3.59. The van der Waals surface area contributed by atoms with Crippen LogP contribution in [0.1, 0.15) is 12.2 Å². The van der Waals surface area contributed by atoms with Gasteiger partial charge in [-0.15, -0.1) is 0 Å². The summed E-state index contributed by atoms with van der Waals surface area (Å²) in [6.07, 6.45) is 1.92. The number of likely N-dealkylation sites (tertiary alicyclic amines) is 1. The van der Waals surface area contributed by atoms with Gasteiger partial charge in [-0.05, 0) is 25.1 Å². The molecule has 1 aromatic rings. The van der Waals surface area contributed by atoms with Gasteiger partial charge < -0.3 is 14.6 Å². The zero-order valence-corrected chi connectivity index (χ0v) is 9.78. The van der Waals surface area contributed by atoms with E-state index < -0.39 is 23.8 Å². The number of furan rings is 1. The van der Waals surface area contributed by atoms with Crippen LogP contribution in [0.3, 0.4) is 0 Å². The van der Waals surface area contributed by atoms with Crippen LogP contribution in [0.4, 0.5) is 0 Å². The molecule has 1 fully saturated rings. The van der Waals surface area contributed by atoms with E-state index in [0.29, 0.717) is 19.5 Å². The average molecular weight is 253 g/mol. The molecule has 2 atom stereocenters. The van der Waals surface area contributed by atoms with Gasteiger partial charge in [-0.1, -0.05) is 0 Å². The van der Waals surface area contributed by atoms with Gasteiger partial charge >= 0.3 is 11.9 Å². The largest absolute Gasteiger partial charge is 0.481 e. The highest BCUT2D eigenvalue weighted by Crippen LogP contribution is 2.25. The van der Waals surface area contributed by atoms with Crippen molar-refractivity contribution in [3.63, 3.8) is 0 Å². The molecule has 98 valence electrons. The van der Waals surface area contributed by atoms with Crippen LogP contribution in [0.2, 0.25) is 0 Å². The number of hydrogen-bond donors (Lipinski definition) is 2.